The fourth-order valence-corrected chi connectivity index (χ4v) is 2.49. The number of carboxylic acid groups (broad SMARTS) is 1. The molecule has 1 aromatic rings. The van der Waals surface area contributed by atoms with Crippen LogP contribution in [-0.4, -0.2) is 38.5 Å². The Morgan fingerprint density at radius 2 is 2.05 bits per heavy atom. The third kappa shape index (κ3) is 5.76. The number of hydrogen-bond acceptors (Lipinski definition) is 4. The second-order valence-corrected chi connectivity index (χ2v) is 5.79. The Hall–Kier alpha value is -2.19. The maximum Gasteiger partial charge on any atom is 0.328 e. The first-order valence-electron chi connectivity index (χ1n) is 6.12. The van der Waals surface area contributed by atoms with Gasteiger partial charge in [0.25, 0.3) is 0 Å². The van der Waals surface area contributed by atoms with Crippen molar-refractivity contribution >= 4 is 28.0 Å². The lowest BCUT2D eigenvalue weighted by molar-refractivity contribution is -0.131. The number of likely N-dealkylation sites (N-methyl/N-ethyl adjacent to an activating group) is 1. The second-order valence-electron chi connectivity index (χ2n) is 4.02. The molecule has 114 valence electrons. The first kappa shape index (κ1) is 16.9. The van der Waals surface area contributed by atoms with Gasteiger partial charge in [-0.05, 0) is 30.7 Å². The smallest absolute Gasteiger partial charge is 0.328 e. The summed E-state index contributed by atoms with van der Waals surface area (Å²) in [6, 6.07) is 5.74. The van der Waals surface area contributed by atoms with Crippen molar-refractivity contribution in [3.8, 4) is 0 Å². The van der Waals surface area contributed by atoms with E-state index >= 15 is 0 Å². The fraction of sp³-hybridized carbons (Fsp3) is 0.231. The quantitative estimate of drug-likeness (QED) is 0.623. The highest BCUT2D eigenvalue weighted by Crippen LogP contribution is 2.12. The van der Waals surface area contributed by atoms with Gasteiger partial charge in [0, 0.05) is 12.6 Å². The molecule has 0 heterocycles. The van der Waals surface area contributed by atoms with Crippen molar-refractivity contribution in [2.24, 2.45) is 0 Å². The van der Waals surface area contributed by atoms with Gasteiger partial charge in [-0.1, -0.05) is 12.1 Å². The Kier molecular flexibility index (Phi) is 6.07. The number of carboxylic acids is 1. The molecular formula is C13H16N2O5S. The molecule has 0 aliphatic heterocycles. The van der Waals surface area contributed by atoms with Gasteiger partial charge in [-0.15, -0.1) is 0 Å². The van der Waals surface area contributed by atoms with Crippen LogP contribution in [0.5, 0.6) is 0 Å². The van der Waals surface area contributed by atoms with E-state index in [0.29, 0.717) is 12.1 Å². The third-order valence-electron chi connectivity index (χ3n) is 2.38. The van der Waals surface area contributed by atoms with Crippen LogP contribution in [-0.2, 0) is 19.6 Å². The van der Waals surface area contributed by atoms with Gasteiger partial charge < -0.3 is 10.4 Å². The molecule has 0 aromatic heterocycles. The lowest BCUT2D eigenvalue weighted by Crippen LogP contribution is -2.36. The van der Waals surface area contributed by atoms with E-state index in [4.69, 9.17) is 5.11 Å². The van der Waals surface area contributed by atoms with Crippen molar-refractivity contribution in [1.82, 2.24) is 10.0 Å². The van der Waals surface area contributed by atoms with Crippen LogP contribution >= 0.6 is 0 Å². The number of aliphatic carboxylic acids is 1. The molecule has 0 saturated heterocycles. The SMILES string of the molecule is CCNC(=O)CNS(=O)(=O)c1cccc(C=CC(=O)O)c1. The van der Waals surface area contributed by atoms with E-state index in [1.807, 2.05) is 0 Å². The Morgan fingerprint density at radius 1 is 1.33 bits per heavy atom. The van der Waals surface area contributed by atoms with Crippen molar-refractivity contribution in [1.29, 1.82) is 0 Å². The Balaban J connectivity index is 2.86. The minimum atomic E-state index is -3.83. The summed E-state index contributed by atoms with van der Waals surface area (Å²) in [5.41, 5.74) is 0.429. The Bertz CT molecular complexity index is 652. The molecule has 3 N–H and O–H groups in total. The molecule has 0 atom stereocenters. The summed E-state index contributed by atoms with van der Waals surface area (Å²) in [5, 5.41) is 11.0. The molecule has 1 rings (SSSR count). The van der Waals surface area contributed by atoms with Crippen LogP contribution in [0.1, 0.15) is 12.5 Å². The zero-order valence-electron chi connectivity index (χ0n) is 11.4. The number of hydrogen-bond donors (Lipinski definition) is 3. The summed E-state index contributed by atoms with van der Waals surface area (Å²) < 4.78 is 26.2. The molecule has 0 bridgehead atoms. The van der Waals surface area contributed by atoms with Crippen LogP contribution < -0.4 is 10.0 Å². The molecule has 0 aliphatic rings. The zero-order valence-corrected chi connectivity index (χ0v) is 12.2. The Labute approximate surface area is 122 Å². The molecule has 0 radical (unpaired) electrons. The summed E-state index contributed by atoms with van der Waals surface area (Å²) in [6.07, 6.45) is 2.19. The topological polar surface area (TPSA) is 113 Å². The highest BCUT2D eigenvalue weighted by atomic mass is 32.2. The van der Waals surface area contributed by atoms with E-state index in [0.717, 1.165) is 6.08 Å². The lowest BCUT2D eigenvalue weighted by atomic mass is 10.2. The molecule has 8 heteroatoms. The fourth-order valence-electron chi connectivity index (χ4n) is 1.46. The number of nitrogens with one attached hydrogen (secondary N) is 2. The van der Waals surface area contributed by atoms with Gasteiger partial charge in [0.1, 0.15) is 0 Å². The van der Waals surface area contributed by atoms with Crippen molar-refractivity contribution in [3.63, 3.8) is 0 Å². The predicted molar refractivity (Wildman–Crippen MR) is 77.0 cm³/mol. The molecule has 1 amide bonds. The number of carbonyl (C=O) groups excluding carboxylic acids is 1. The molecule has 0 saturated carbocycles. The van der Waals surface area contributed by atoms with Crippen LogP contribution in [0.15, 0.2) is 35.2 Å². The predicted octanol–water partition coefficient (Wildman–Crippen LogP) is 0.199. The van der Waals surface area contributed by atoms with Crippen molar-refractivity contribution in [2.45, 2.75) is 11.8 Å². The Morgan fingerprint density at radius 3 is 2.67 bits per heavy atom. The van der Waals surface area contributed by atoms with Gasteiger partial charge in [0.15, 0.2) is 0 Å². The van der Waals surface area contributed by atoms with Crippen molar-refractivity contribution in [2.75, 3.05) is 13.1 Å². The molecule has 7 nitrogen and oxygen atoms in total. The number of benzene rings is 1. The van der Waals surface area contributed by atoms with Gasteiger partial charge in [0.05, 0.1) is 11.4 Å². The number of rotatable bonds is 7. The molecule has 0 spiro atoms. The summed E-state index contributed by atoms with van der Waals surface area (Å²) in [7, 11) is -3.83. The van der Waals surface area contributed by atoms with Gasteiger partial charge in [-0.2, -0.15) is 0 Å². The lowest BCUT2D eigenvalue weighted by Gasteiger charge is -2.07. The van der Waals surface area contributed by atoms with E-state index < -0.39 is 21.9 Å². The normalized spacial score (nSPS) is 11.5. The van der Waals surface area contributed by atoms with E-state index in [1.54, 1.807) is 13.0 Å². The minimum Gasteiger partial charge on any atom is -0.478 e. The molecule has 0 aliphatic carbocycles. The molecule has 21 heavy (non-hydrogen) atoms. The number of carbonyl (C=O) groups is 2. The van der Waals surface area contributed by atoms with Gasteiger partial charge in [-0.25, -0.2) is 17.9 Å². The highest BCUT2D eigenvalue weighted by molar-refractivity contribution is 7.89. The van der Waals surface area contributed by atoms with E-state index in [1.165, 1.54) is 24.3 Å². The van der Waals surface area contributed by atoms with E-state index in [2.05, 4.69) is 10.0 Å². The highest BCUT2D eigenvalue weighted by Gasteiger charge is 2.15. The van der Waals surface area contributed by atoms with Crippen molar-refractivity contribution in [3.05, 3.63) is 35.9 Å². The first-order chi connectivity index (χ1) is 9.85. The largest absolute Gasteiger partial charge is 0.478 e. The zero-order chi connectivity index (χ0) is 15.9. The molecular weight excluding hydrogens is 296 g/mol. The third-order valence-corrected chi connectivity index (χ3v) is 3.78. The van der Waals surface area contributed by atoms with Crippen molar-refractivity contribution < 1.29 is 23.1 Å². The van der Waals surface area contributed by atoms with Gasteiger partial charge in [0.2, 0.25) is 15.9 Å². The van der Waals surface area contributed by atoms with Crippen LogP contribution in [0.4, 0.5) is 0 Å². The summed E-state index contributed by atoms with van der Waals surface area (Å²) in [6.45, 7) is 1.78. The maximum absolute atomic E-state index is 12.0. The summed E-state index contributed by atoms with van der Waals surface area (Å²) in [4.78, 5) is 21.6. The van der Waals surface area contributed by atoms with Crippen LogP contribution in [0, 0.1) is 0 Å². The van der Waals surface area contributed by atoms with Gasteiger partial charge in [-0.3, -0.25) is 4.79 Å². The van der Waals surface area contributed by atoms with Crippen LogP contribution in [0.2, 0.25) is 0 Å². The van der Waals surface area contributed by atoms with Crippen LogP contribution in [0.25, 0.3) is 6.08 Å². The summed E-state index contributed by atoms with van der Waals surface area (Å²) in [5.74, 6) is -1.55. The van der Waals surface area contributed by atoms with E-state index in [-0.39, 0.29) is 11.4 Å². The molecule has 0 fully saturated rings. The molecule has 1 aromatic carbocycles. The number of amides is 1. The van der Waals surface area contributed by atoms with Crippen LogP contribution in [0.3, 0.4) is 0 Å². The monoisotopic (exact) mass is 312 g/mol. The standard InChI is InChI=1S/C13H16N2O5S/c1-2-14-12(16)9-15-21(19,20)11-5-3-4-10(8-11)6-7-13(17)18/h3-8,15H,2,9H2,1H3,(H,14,16)(H,17,18). The number of sulfonamides is 1. The second kappa shape index (κ2) is 7.55. The maximum atomic E-state index is 12.0. The average molecular weight is 312 g/mol. The summed E-state index contributed by atoms with van der Waals surface area (Å²) >= 11 is 0. The van der Waals surface area contributed by atoms with E-state index in [9.17, 15) is 18.0 Å². The average Bonchev–Trinajstić information content (AvgIpc) is 2.44. The minimum absolute atomic E-state index is 0.0423. The molecule has 0 unspecified atom stereocenters. The first-order valence-corrected chi connectivity index (χ1v) is 7.61. The van der Waals surface area contributed by atoms with Gasteiger partial charge >= 0.3 is 5.97 Å².